The molecule has 0 aliphatic carbocycles. The lowest BCUT2D eigenvalue weighted by atomic mass is 10.1. The van der Waals surface area contributed by atoms with Crippen LogP contribution >= 0.6 is 0 Å². The molecule has 7 nitrogen and oxygen atoms in total. The Balaban J connectivity index is 1.68. The molecule has 1 aromatic heterocycles. The number of hydrogen-bond donors (Lipinski definition) is 2. The Hall–Kier alpha value is -2.80. The molecule has 2 amide bonds. The van der Waals surface area contributed by atoms with E-state index in [1.165, 1.54) is 6.92 Å². The third-order valence-corrected chi connectivity index (χ3v) is 3.84. The predicted octanol–water partition coefficient (Wildman–Crippen LogP) is 0.892. The van der Waals surface area contributed by atoms with Crippen molar-refractivity contribution in [1.82, 2.24) is 14.9 Å². The summed E-state index contributed by atoms with van der Waals surface area (Å²) in [6.45, 7) is 3.74. The SMILES string of the molecule is CC(=O)Nc1ccc(CN2CCc3[c]nc(C(N)=O)nc3C2)cc1. The first-order valence-electron chi connectivity index (χ1n) is 7.67. The van der Waals surface area contributed by atoms with E-state index in [2.05, 4.69) is 26.4 Å². The van der Waals surface area contributed by atoms with Gasteiger partial charge in [0.25, 0.3) is 5.91 Å². The van der Waals surface area contributed by atoms with Gasteiger partial charge in [-0.25, -0.2) is 9.97 Å². The summed E-state index contributed by atoms with van der Waals surface area (Å²) in [7, 11) is 0. The topological polar surface area (TPSA) is 101 Å². The van der Waals surface area contributed by atoms with Crippen molar-refractivity contribution in [2.75, 3.05) is 11.9 Å². The molecule has 7 heteroatoms. The standard InChI is InChI=1S/C17H18N5O2/c1-11(23)20-14-4-2-12(3-5-14)9-22-7-6-13-8-19-17(16(18)24)21-15(13)10-22/h2-5H,6-7,9-10H2,1H3,(H2,18,24)(H,20,23). The molecule has 123 valence electrons. The Morgan fingerprint density at radius 1 is 1.33 bits per heavy atom. The normalized spacial score (nSPS) is 14.0. The zero-order valence-corrected chi connectivity index (χ0v) is 13.4. The highest BCUT2D eigenvalue weighted by molar-refractivity contribution is 5.89. The maximum Gasteiger partial charge on any atom is 0.286 e. The van der Waals surface area contributed by atoms with E-state index in [0.717, 1.165) is 42.0 Å². The third kappa shape index (κ3) is 3.75. The van der Waals surface area contributed by atoms with Crippen molar-refractivity contribution in [3.63, 3.8) is 0 Å². The summed E-state index contributed by atoms with van der Waals surface area (Å²) in [6, 6.07) is 7.75. The van der Waals surface area contributed by atoms with Crippen LogP contribution in [0.1, 0.15) is 34.4 Å². The Morgan fingerprint density at radius 2 is 2.08 bits per heavy atom. The first-order valence-corrected chi connectivity index (χ1v) is 7.67. The number of nitrogens with one attached hydrogen (secondary N) is 1. The summed E-state index contributed by atoms with van der Waals surface area (Å²) >= 11 is 0. The molecule has 1 aliphatic rings. The fourth-order valence-corrected chi connectivity index (χ4v) is 2.70. The molecule has 0 saturated carbocycles. The zero-order valence-electron chi connectivity index (χ0n) is 13.4. The number of carbonyl (C=O) groups excluding carboxylic acids is 2. The van der Waals surface area contributed by atoms with Gasteiger partial charge in [-0.3, -0.25) is 14.5 Å². The van der Waals surface area contributed by atoms with Crippen LogP contribution < -0.4 is 11.1 Å². The highest BCUT2D eigenvalue weighted by Crippen LogP contribution is 2.19. The maximum absolute atomic E-state index is 11.2. The number of fused-ring (bicyclic) bond motifs is 1. The van der Waals surface area contributed by atoms with Crippen LogP contribution in [-0.2, 0) is 24.3 Å². The number of benzene rings is 1. The molecule has 0 atom stereocenters. The lowest BCUT2D eigenvalue weighted by Crippen LogP contribution is -2.32. The molecule has 1 aliphatic heterocycles. The first-order chi connectivity index (χ1) is 11.5. The number of anilines is 1. The van der Waals surface area contributed by atoms with Gasteiger partial charge in [0.15, 0.2) is 0 Å². The van der Waals surface area contributed by atoms with Gasteiger partial charge >= 0.3 is 0 Å². The van der Waals surface area contributed by atoms with Gasteiger partial charge < -0.3 is 11.1 Å². The Labute approximate surface area is 139 Å². The number of amides is 2. The molecule has 3 rings (SSSR count). The number of primary amides is 1. The van der Waals surface area contributed by atoms with Crippen LogP contribution in [0.5, 0.6) is 0 Å². The van der Waals surface area contributed by atoms with E-state index < -0.39 is 5.91 Å². The van der Waals surface area contributed by atoms with Crippen molar-refractivity contribution in [2.45, 2.75) is 26.4 Å². The molecule has 1 aromatic carbocycles. The van der Waals surface area contributed by atoms with Crippen molar-refractivity contribution in [3.05, 3.63) is 53.1 Å². The Bertz CT molecular complexity index is 773. The second-order valence-corrected chi connectivity index (χ2v) is 5.79. The largest absolute Gasteiger partial charge is 0.363 e. The Morgan fingerprint density at radius 3 is 2.75 bits per heavy atom. The smallest absolute Gasteiger partial charge is 0.286 e. The van der Waals surface area contributed by atoms with Crippen molar-refractivity contribution < 1.29 is 9.59 Å². The fourth-order valence-electron chi connectivity index (χ4n) is 2.70. The van der Waals surface area contributed by atoms with Crippen LogP contribution in [-0.4, -0.2) is 33.2 Å². The second-order valence-electron chi connectivity index (χ2n) is 5.79. The maximum atomic E-state index is 11.2. The summed E-state index contributed by atoms with van der Waals surface area (Å²) in [6.07, 6.45) is 3.66. The highest BCUT2D eigenvalue weighted by atomic mass is 16.1. The summed E-state index contributed by atoms with van der Waals surface area (Å²) in [5.41, 5.74) is 8.89. The summed E-state index contributed by atoms with van der Waals surface area (Å²) in [5, 5.41) is 2.75. The monoisotopic (exact) mass is 324 g/mol. The highest BCUT2D eigenvalue weighted by Gasteiger charge is 2.20. The van der Waals surface area contributed by atoms with Crippen LogP contribution in [0.25, 0.3) is 0 Å². The molecule has 1 radical (unpaired) electrons. The predicted molar refractivity (Wildman–Crippen MR) is 87.9 cm³/mol. The van der Waals surface area contributed by atoms with Crippen molar-refractivity contribution in [1.29, 1.82) is 0 Å². The molecule has 24 heavy (non-hydrogen) atoms. The van der Waals surface area contributed by atoms with E-state index in [-0.39, 0.29) is 11.7 Å². The average molecular weight is 324 g/mol. The van der Waals surface area contributed by atoms with Crippen LogP contribution in [0.2, 0.25) is 0 Å². The molecule has 0 fully saturated rings. The van der Waals surface area contributed by atoms with Gasteiger partial charge in [-0.2, -0.15) is 0 Å². The molecule has 3 N–H and O–H groups in total. The minimum Gasteiger partial charge on any atom is -0.363 e. The quantitative estimate of drug-likeness (QED) is 0.870. The molecule has 2 aromatic rings. The number of nitrogens with two attached hydrogens (primary N) is 1. The van der Waals surface area contributed by atoms with Gasteiger partial charge in [0, 0.05) is 37.8 Å². The van der Waals surface area contributed by atoms with E-state index in [9.17, 15) is 9.59 Å². The second kappa shape index (κ2) is 6.76. The number of rotatable bonds is 4. The molecule has 0 unspecified atom stereocenters. The lowest BCUT2D eigenvalue weighted by Gasteiger charge is -2.27. The lowest BCUT2D eigenvalue weighted by molar-refractivity contribution is -0.114. The van der Waals surface area contributed by atoms with Crippen LogP contribution in [0.3, 0.4) is 0 Å². The number of aromatic nitrogens is 2. The van der Waals surface area contributed by atoms with Crippen molar-refractivity contribution in [2.24, 2.45) is 5.73 Å². The molecule has 0 spiro atoms. The van der Waals surface area contributed by atoms with E-state index in [0.29, 0.717) is 6.54 Å². The summed E-state index contributed by atoms with van der Waals surface area (Å²) < 4.78 is 0. The van der Waals surface area contributed by atoms with Crippen molar-refractivity contribution in [3.8, 4) is 0 Å². The fraction of sp³-hybridized carbons (Fsp3) is 0.294. The van der Waals surface area contributed by atoms with Gasteiger partial charge in [-0.1, -0.05) is 12.1 Å². The van der Waals surface area contributed by atoms with E-state index in [1.807, 2.05) is 24.3 Å². The number of hydrogen-bond acceptors (Lipinski definition) is 5. The third-order valence-electron chi connectivity index (χ3n) is 3.84. The van der Waals surface area contributed by atoms with Gasteiger partial charge in [-0.05, 0) is 24.1 Å². The van der Waals surface area contributed by atoms with Crippen LogP contribution in [0, 0.1) is 6.20 Å². The minimum absolute atomic E-state index is 0.00950. The number of carbonyl (C=O) groups is 2. The number of nitrogens with zero attached hydrogens (tertiary/aromatic N) is 3. The van der Waals surface area contributed by atoms with Gasteiger partial charge in [0.05, 0.1) is 11.9 Å². The van der Waals surface area contributed by atoms with Gasteiger partial charge in [0.1, 0.15) is 0 Å². The minimum atomic E-state index is -0.639. The van der Waals surface area contributed by atoms with E-state index >= 15 is 0 Å². The molecular formula is C17H18N5O2. The van der Waals surface area contributed by atoms with Crippen molar-refractivity contribution >= 4 is 17.5 Å². The van der Waals surface area contributed by atoms with Gasteiger partial charge in [0.2, 0.25) is 11.7 Å². The molecule has 0 saturated heterocycles. The van der Waals surface area contributed by atoms with Gasteiger partial charge in [-0.15, -0.1) is 0 Å². The summed E-state index contributed by atoms with van der Waals surface area (Å²) in [5.74, 6) is -0.716. The average Bonchev–Trinajstić information content (AvgIpc) is 2.55. The Kier molecular flexibility index (Phi) is 4.52. The van der Waals surface area contributed by atoms with E-state index in [1.54, 1.807) is 0 Å². The van der Waals surface area contributed by atoms with Crippen LogP contribution in [0.4, 0.5) is 5.69 Å². The van der Waals surface area contributed by atoms with E-state index in [4.69, 9.17) is 5.73 Å². The molecule has 0 bridgehead atoms. The first kappa shape index (κ1) is 16.1. The van der Waals surface area contributed by atoms with Crippen LogP contribution in [0.15, 0.2) is 24.3 Å². The summed E-state index contributed by atoms with van der Waals surface area (Å²) in [4.78, 5) is 32.6. The zero-order chi connectivity index (χ0) is 17.1. The molecule has 2 heterocycles. The molecular weight excluding hydrogens is 306 g/mol.